The van der Waals surface area contributed by atoms with E-state index >= 15 is 0 Å². The zero-order valence-corrected chi connectivity index (χ0v) is 7.93. The maximum atomic E-state index is 4.29. The predicted octanol–water partition coefficient (Wildman–Crippen LogP) is 0.367. The van der Waals surface area contributed by atoms with Crippen molar-refractivity contribution in [2.24, 2.45) is 11.8 Å². The van der Waals surface area contributed by atoms with Crippen LogP contribution in [0, 0.1) is 11.8 Å². The van der Waals surface area contributed by atoms with E-state index < -0.39 is 0 Å². The third-order valence-electron chi connectivity index (χ3n) is 2.94. The normalized spacial score (nSPS) is 39.8. The van der Waals surface area contributed by atoms with Gasteiger partial charge in [-0.1, -0.05) is 0 Å². The lowest BCUT2D eigenvalue weighted by Gasteiger charge is -2.15. The van der Waals surface area contributed by atoms with Gasteiger partial charge in [0, 0.05) is 32.1 Å². The highest BCUT2D eigenvalue weighted by Gasteiger charge is 2.37. The highest BCUT2D eigenvalue weighted by molar-refractivity contribution is 7.80. The Bertz CT molecular complexity index is 137. The highest BCUT2D eigenvalue weighted by atomic mass is 32.1. The van der Waals surface area contributed by atoms with Crippen molar-refractivity contribution in [3.05, 3.63) is 0 Å². The molecule has 0 radical (unpaired) electrons. The molecule has 0 aliphatic carbocycles. The monoisotopic (exact) mass is 172 g/mol. The average Bonchev–Trinajstić information content (AvgIpc) is 2.43. The molecule has 2 atom stereocenters. The van der Waals surface area contributed by atoms with Crippen LogP contribution in [0.4, 0.5) is 0 Å². The number of rotatable bonds is 1. The fraction of sp³-hybridized carbons (Fsp3) is 1.00. The Labute approximate surface area is 74.0 Å². The fourth-order valence-corrected chi connectivity index (χ4v) is 2.67. The molecular formula is C8H16N2S. The maximum Gasteiger partial charge on any atom is 0.0414 e. The molecule has 0 saturated carbocycles. The molecule has 0 aromatic heterocycles. The minimum atomic E-state index is 0.937. The van der Waals surface area contributed by atoms with E-state index in [2.05, 4.69) is 29.5 Å². The lowest BCUT2D eigenvalue weighted by molar-refractivity contribution is 0.310. The summed E-state index contributed by atoms with van der Waals surface area (Å²) in [6.45, 7) is 5.15. The molecule has 0 bridgehead atoms. The van der Waals surface area contributed by atoms with Crippen LogP contribution in [0.2, 0.25) is 0 Å². The van der Waals surface area contributed by atoms with E-state index in [-0.39, 0.29) is 0 Å². The van der Waals surface area contributed by atoms with Gasteiger partial charge in [-0.3, -0.25) is 4.90 Å². The minimum absolute atomic E-state index is 0.937. The summed E-state index contributed by atoms with van der Waals surface area (Å²) in [5.41, 5.74) is 0. The van der Waals surface area contributed by atoms with Crippen LogP contribution >= 0.6 is 12.6 Å². The topological polar surface area (TPSA) is 6.48 Å². The second-order valence-corrected chi connectivity index (χ2v) is 4.20. The van der Waals surface area contributed by atoms with Gasteiger partial charge in [0.2, 0.25) is 0 Å². The summed E-state index contributed by atoms with van der Waals surface area (Å²) < 4.78 is 0. The van der Waals surface area contributed by atoms with E-state index in [4.69, 9.17) is 0 Å². The first-order valence-electron chi connectivity index (χ1n) is 4.31. The van der Waals surface area contributed by atoms with Crippen LogP contribution in [0.5, 0.6) is 0 Å². The first kappa shape index (κ1) is 7.90. The molecule has 0 aromatic carbocycles. The summed E-state index contributed by atoms with van der Waals surface area (Å²) in [7, 11) is 2.23. The summed E-state index contributed by atoms with van der Waals surface area (Å²) in [6, 6.07) is 0. The summed E-state index contributed by atoms with van der Waals surface area (Å²) in [5, 5.41) is 0. The number of fused-ring (bicyclic) bond motifs is 1. The molecule has 2 aliphatic rings. The SMILES string of the molecule is CN1CC2CN(CS)CC2C1. The van der Waals surface area contributed by atoms with Crippen molar-refractivity contribution in [3.8, 4) is 0 Å². The molecular weight excluding hydrogens is 156 g/mol. The smallest absolute Gasteiger partial charge is 0.0414 e. The largest absolute Gasteiger partial charge is 0.306 e. The fourth-order valence-electron chi connectivity index (χ4n) is 2.44. The van der Waals surface area contributed by atoms with E-state index in [0.29, 0.717) is 0 Å². The van der Waals surface area contributed by atoms with Gasteiger partial charge in [-0.25, -0.2) is 0 Å². The Morgan fingerprint density at radius 1 is 1.18 bits per heavy atom. The van der Waals surface area contributed by atoms with Gasteiger partial charge in [-0.2, -0.15) is 12.6 Å². The predicted molar refractivity (Wildman–Crippen MR) is 49.9 cm³/mol. The number of likely N-dealkylation sites (tertiary alicyclic amines) is 2. The van der Waals surface area contributed by atoms with Gasteiger partial charge in [0.25, 0.3) is 0 Å². The van der Waals surface area contributed by atoms with E-state index in [1.807, 2.05) is 0 Å². The van der Waals surface area contributed by atoms with E-state index in [1.165, 1.54) is 26.2 Å². The van der Waals surface area contributed by atoms with Crippen LogP contribution in [-0.2, 0) is 0 Å². The Kier molecular flexibility index (Phi) is 2.12. The van der Waals surface area contributed by atoms with Crippen molar-refractivity contribution in [2.75, 3.05) is 39.1 Å². The third kappa shape index (κ3) is 1.42. The first-order chi connectivity index (χ1) is 5.29. The second-order valence-electron chi connectivity index (χ2n) is 3.92. The van der Waals surface area contributed by atoms with E-state index in [9.17, 15) is 0 Å². The number of nitrogens with zero attached hydrogens (tertiary/aromatic N) is 2. The number of thiol groups is 1. The molecule has 2 saturated heterocycles. The van der Waals surface area contributed by atoms with Crippen molar-refractivity contribution in [2.45, 2.75) is 0 Å². The molecule has 11 heavy (non-hydrogen) atoms. The summed E-state index contributed by atoms with van der Waals surface area (Å²) in [6.07, 6.45) is 0. The molecule has 2 heterocycles. The van der Waals surface area contributed by atoms with Crippen molar-refractivity contribution in [3.63, 3.8) is 0 Å². The summed E-state index contributed by atoms with van der Waals surface area (Å²) in [4.78, 5) is 4.90. The molecule has 2 aliphatic heterocycles. The zero-order valence-electron chi connectivity index (χ0n) is 7.03. The van der Waals surface area contributed by atoms with Gasteiger partial charge in [0.05, 0.1) is 0 Å². The van der Waals surface area contributed by atoms with Crippen molar-refractivity contribution in [1.82, 2.24) is 9.80 Å². The van der Waals surface area contributed by atoms with Crippen LogP contribution in [0.25, 0.3) is 0 Å². The lowest BCUT2D eigenvalue weighted by Crippen LogP contribution is -2.25. The Morgan fingerprint density at radius 2 is 1.73 bits per heavy atom. The van der Waals surface area contributed by atoms with Crippen molar-refractivity contribution >= 4 is 12.6 Å². The summed E-state index contributed by atoms with van der Waals surface area (Å²) >= 11 is 4.29. The van der Waals surface area contributed by atoms with Crippen molar-refractivity contribution in [1.29, 1.82) is 0 Å². The molecule has 3 heteroatoms. The van der Waals surface area contributed by atoms with Crippen LogP contribution in [0.1, 0.15) is 0 Å². The Balaban J connectivity index is 1.93. The standard InChI is InChI=1S/C8H16N2S/c1-9-2-7-4-10(6-11)5-8(7)3-9/h7-8,11H,2-6H2,1H3. The van der Waals surface area contributed by atoms with Crippen molar-refractivity contribution < 1.29 is 0 Å². The van der Waals surface area contributed by atoms with Crippen LogP contribution in [0.15, 0.2) is 0 Å². The minimum Gasteiger partial charge on any atom is -0.306 e. The van der Waals surface area contributed by atoms with Gasteiger partial charge < -0.3 is 4.90 Å². The molecule has 64 valence electrons. The number of hydrogen-bond donors (Lipinski definition) is 1. The second kappa shape index (κ2) is 2.96. The quantitative estimate of drug-likeness (QED) is 0.571. The maximum absolute atomic E-state index is 4.29. The Morgan fingerprint density at radius 3 is 2.18 bits per heavy atom. The van der Waals surface area contributed by atoms with Gasteiger partial charge in [0.1, 0.15) is 0 Å². The average molecular weight is 172 g/mol. The molecule has 2 unspecified atom stereocenters. The molecule has 0 N–H and O–H groups in total. The zero-order chi connectivity index (χ0) is 7.84. The number of hydrogen-bond acceptors (Lipinski definition) is 3. The van der Waals surface area contributed by atoms with Crippen LogP contribution < -0.4 is 0 Å². The van der Waals surface area contributed by atoms with E-state index in [0.717, 1.165) is 17.7 Å². The molecule has 2 fully saturated rings. The molecule has 0 spiro atoms. The van der Waals surface area contributed by atoms with Crippen LogP contribution in [-0.4, -0.2) is 48.9 Å². The van der Waals surface area contributed by atoms with Gasteiger partial charge in [-0.15, -0.1) is 0 Å². The van der Waals surface area contributed by atoms with Gasteiger partial charge in [-0.05, 0) is 18.9 Å². The summed E-state index contributed by atoms with van der Waals surface area (Å²) in [5.74, 6) is 2.82. The molecule has 0 amide bonds. The molecule has 2 rings (SSSR count). The molecule has 2 nitrogen and oxygen atoms in total. The molecule has 0 aromatic rings. The lowest BCUT2D eigenvalue weighted by atomic mass is 10.0. The van der Waals surface area contributed by atoms with Gasteiger partial charge in [0.15, 0.2) is 0 Å². The highest BCUT2D eigenvalue weighted by Crippen LogP contribution is 2.29. The third-order valence-corrected chi connectivity index (χ3v) is 3.34. The first-order valence-corrected chi connectivity index (χ1v) is 4.94. The van der Waals surface area contributed by atoms with Crippen LogP contribution in [0.3, 0.4) is 0 Å². The van der Waals surface area contributed by atoms with E-state index in [1.54, 1.807) is 0 Å². The van der Waals surface area contributed by atoms with Gasteiger partial charge >= 0.3 is 0 Å². The Hall–Kier alpha value is 0.270.